The summed E-state index contributed by atoms with van der Waals surface area (Å²) in [5, 5.41) is 3.41. The summed E-state index contributed by atoms with van der Waals surface area (Å²) in [4.78, 5) is 0. The predicted octanol–water partition coefficient (Wildman–Crippen LogP) is 3.75. The van der Waals surface area contributed by atoms with Crippen LogP contribution in [0.1, 0.15) is 12.5 Å². The zero-order chi connectivity index (χ0) is 14.2. The second kappa shape index (κ2) is 7.43. The maximum absolute atomic E-state index is 5.48. The van der Waals surface area contributed by atoms with Crippen LogP contribution >= 0.6 is 0 Å². The fourth-order valence-corrected chi connectivity index (χ4v) is 2.01. The molecule has 0 saturated carbocycles. The number of methoxy groups -OCH3 is 1. The van der Waals surface area contributed by atoms with Crippen LogP contribution in [-0.4, -0.2) is 20.3 Å². The van der Waals surface area contributed by atoms with Crippen LogP contribution in [0.25, 0.3) is 0 Å². The van der Waals surface area contributed by atoms with Gasteiger partial charge >= 0.3 is 0 Å². The molecule has 0 atom stereocenters. The largest absolute Gasteiger partial charge is 0.497 e. The first kappa shape index (κ1) is 14.3. The van der Waals surface area contributed by atoms with E-state index in [-0.39, 0.29) is 0 Å². The molecule has 2 aromatic carbocycles. The minimum Gasteiger partial charge on any atom is -0.497 e. The third-order valence-electron chi connectivity index (χ3n) is 3.05. The van der Waals surface area contributed by atoms with Crippen molar-refractivity contribution in [2.75, 3.05) is 25.6 Å². The summed E-state index contributed by atoms with van der Waals surface area (Å²) in [6, 6.07) is 16.2. The highest BCUT2D eigenvalue weighted by atomic mass is 16.5. The Morgan fingerprint density at radius 1 is 1.00 bits per heavy atom. The topological polar surface area (TPSA) is 30.5 Å². The van der Waals surface area contributed by atoms with E-state index < -0.39 is 0 Å². The molecule has 0 saturated heterocycles. The van der Waals surface area contributed by atoms with Crippen molar-refractivity contribution in [2.45, 2.75) is 13.3 Å². The lowest BCUT2D eigenvalue weighted by Crippen LogP contribution is -2.05. The SMILES string of the molecule is CCOc1cccc(NCCc2ccc(OC)cc2)c1. The van der Waals surface area contributed by atoms with Crippen molar-refractivity contribution in [3.63, 3.8) is 0 Å². The Morgan fingerprint density at radius 2 is 1.80 bits per heavy atom. The Hall–Kier alpha value is -2.16. The van der Waals surface area contributed by atoms with E-state index in [9.17, 15) is 0 Å². The summed E-state index contributed by atoms with van der Waals surface area (Å²) in [7, 11) is 1.68. The van der Waals surface area contributed by atoms with Gasteiger partial charge in [-0.2, -0.15) is 0 Å². The van der Waals surface area contributed by atoms with E-state index in [4.69, 9.17) is 9.47 Å². The molecule has 0 aliphatic heterocycles. The van der Waals surface area contributed by atoms with Gasteiger partial charge in [0.05, 0.1) is 13.7 Å². The maximum atomic E-state index is 5.48. The van der Waals surface area contributed by atoms with Gasteiger partial charge in [0.2, 0.25) is 0 Å². The molecular formula is C17H21NO2. The third kappa shape index (κ3) is 4.19. The van der Waals surface area contributed by atoms with Gasteiger partial charge in [-0.25, -0.2) is 0 Å². The molecule has 0 heterocycles. The van der Waals surface area contributed by atoms with Gasteiger partial charge in [0, 0.05) is 18.3 Å². The van der Waals surface area contributed by atoms with Gasteiger partial charge in [-0.1, -0.05) is 18.2 Å². The summed E-state index contributed by atoms with van der Waals surface area (Å²) < 4.78 is 10.6. The molecular weight excluding hydrogens is 250 g/mol. The van der Waals surface area contributed by atoms with Gasteiger partial charge in [0.1, 0.15) is 11.5 Å². The van der Waals surface area contributed by atoms with Gasteiger partial charge in [0.25, 0.3) is 0 Å². The van der Waals surface area contributed by atoms with Gasteiger partial charge in [-0.05, 0) is 43.2 Å². The first-order chi connectivity index (χ1) is 9.81. The normalized spacial score (nSPS) is 10.1. The van der Waals surface area contributed by atoms with Gasteiger partial charge in [-0.15, -0.1) is 0 Å². The van der Waals surface area contributed by atoms with Crippen LogP contribution < -0.4 is 14.8 Å². The highest BCUT2D eigenvalue weighted by molar-refractivity contribution is 5.48. The summed E-state index contributed by atoms with van der Waals surface area (Å²) in [5.41, 5.74) is 2.38. The minimum absolute atomic E-state index is 0.690. The quantitative estimate of drug-likeness (QED) is 0.832. The third-order valence-corrected chi connectivity index (χ3v) is 3.05. The molecule has 2 rings (SSSR count). The zero-order valence-electron chi connectivity index (χ0n) is 12.1. The van der Waals surface area contributed by atoms with Crippen molar-refractivity contribution >= 4 is 5.69 Å². The number of anilines is 1. The van der Waals surface area contributed by atoms with Crippen molar-refractivity contribution in [3.05, 3.63) is 54.1 Å². The fourth-order valence-electron chi connectivity index (χ4n) is 2.01. The standard InChI is InChI=1S/C17H21NO2/c1-3-20-17-6-4-5-15(13-17)18-12-11-14-7-9-16(19-2)10-8-14/h4-10,13,18H,3,11-12H2,1-2H3. The van der Waals surface area contributed by atoms with Crippen molar-refractivity contribution < 1.29 is 9.47 Å². The van der Waals surface area contributed by atoms with Crippen molar-refractivity contribution in [2.24, 2.45) is 0 Å². The number of nitrogens with one attached hydrogen (secondary N) is 1. The molecule has 0 aliphatic rings. The Balaban J connectivity index is 1.84. The van der Waals surface area contributed by atoms with Crippen molar-refractivity contribution in [1.29, 1.82) is 0 Å². The monoisotopic (exact) mass is 271 g/mol. The molecule has 0 unspecified atom stereocenters. The minimum atomic E-state index is 0.690. The molecule has 0 aliphatic carbocycles. The van der Waals surface area contributed by atoms with Gasteiger partial charge in [0.15, 0.2) is 0 Å². The first-order valence-electron chi connectivity index (χ1n) is 6.91. The Bertz CT molecular complexity index is 523. The molecule has 0 aromatic heterocycles. The summed E-state index contributed by atoms with van der Waals surface area (Å²) in [5.74, 6) is 1.80. The van der Waals surface area contributed by atoms with Crippen LogP contribution in [-0.2, 0) is 6.42 Å². The number of benzene rings is 2. The Morgan fingerprint density at radius 3 is 2.50 bits per heavy atom. The van der Waals surface area contributed by atoms with Crippen molar-refractivity contribution in [3.8, 4) is 11.5 Å². The van der Waals surface area contributed by atoms with Crippen molar-refractivity contribution in [1.82, 2.24) is 0 Å². The van der Waals surface area contributed by atoms with E-state index in [0.717, 1.165) is 30.2 Å². The van der Waals surface area contributed by atoms with Crippen LogP contribution in [0.5, 0.6) is 11.5 Å². The highest BCUT2D eigenvalue weighted by Crippen LogP contribution is 2.17. The van der Waals surface area contributed by atoms with Crippen LogP contribution in [0.15, 0.2) is 48.5 Å². The van der Waals surface area contributed by atoms with Crippen LogP contribution in [0, 0.1) is 0 Å². The lowest BCUT2D eigenvalue weighted by atomic mass is 10.1. The molecule has 0 spiro atoms. The second-order valence-electron chi connectivity index (χ2n) is 4.49. The van der Waals surface area contributed by atoms with E-state index >= 15 is 0 Å². The van der Waals surface area contributed by atoms with Gasteiger partial charge < -0.3 is 14.8 Å². The number of ether oxygens (including phenoxy) is 2. The number of rotatable bonds is 7. The maximum Gasteiger partial charge on any atom is 0.121 e. The molecule has 0 amide bonds. The van der Waals surface area contributed by atoms with Crippen LogP contribution in [0.4, 0.5) is 5.69 Å². The molecule has 106 valence electrons. The molecule has 2 aromatic rings. The second-order valence-corrected chi connectivity index (χ2v) is 4.49. The number of hydrogen-bond donors (Lipinski definition) is 1. The molecule has 0 bridgehead atoms. The average molecular weight is 271 g/mol. The summed E-state index contributed by atoms with van der Waals surface area (Å²) in [6.45, 7) is 3.57. The first-order valence-corrected chi connectivity index (χ1v) is 6.91. The lowest BCUT2D eigenvalue weighted by Gasteiger charge is -2.09. The fraction of sp³-hybridized carbons (Fsp3) is 0.294. The zero-order valence-corrected chi connectivity index (χ0v) is 12.1. The Kier molecular flexibility index (Phi) is 5.30. The molecule has 0 radical (unpaired) electrons. The van der Waals surface area contributed by atoms with E-state index in [1.165, 1.54) is 5.56 Å². The Labute approximate surface area is 120 Å². The van der Waals surface area contributed by atoms with Gasteiger partial charge in [-0.3, -0.25) is 0 Å². The summed E-state index contributed by atoms with van der Waals surface area (Å²) >= 11 is 0. The molecule has 3 nitrogen and oxygen atoms in total. The molecule has 20 heavy (non-hydrogen) atoms. The highest BCUT2D eigenvalue weighted by Gasteiger charge is 1.97. The number of hydrogen-bond acceptors (Lipinski definition) is 3. The molecule has 3 heteroatoms. The smallest absolute Gasteiger partial charge is 0.121 e. The van der Waals surface area contributed by atoms with Crippen LogP contribution in [0.2, 0.25) is 0 Å². The van der Waals surface area contributed by atoms with E-state index in [0.29, 0.717) is 6.61 Å². The summed E-state index contributed by atoms with van der Waals surface area (Å²) in [6.07, 6.45) is 0.975. The predicted molar refractivity (Wildman–Crippen MR) is 82.8 cm³/mol. The molecule has 0 fully saturated rings. The average Bonchev–Trinajstić information content (AvgIpc) is 2.49. The lowest BCUT2D eigenvalue weighted by molar-refractivity contribution is 0.340. The van der Waals surface area contributed by atoms with Crippen LogP contribution in [0.3, 0.4) is 0 Å². The van der Waals surface area contributed by atoms with E-state index in [2.05, 4.69) is 23.5 Å². The van der Waals surface area contributed by atoms with E-state index in [1.54, 1.807) is 7.11 Å². The van der Waals surface area contributed by atoms with E-state index in [1.807, 2.05) is 37.3 Å². The molecule has 1 N–H and O–H groups in total.